The third-order valence-corrected chi connectivity index (χ3v) is 0. The molecule has 0 saturated carbocycles. The van der Waals surface area contributed by atoms with Gasteiger partial charge in [-0.05, 0) is 0 Å². The zero-order valence-corrected chi connectivity index (χ0v) is 7.71. The van der Waals surface area contributed by atoms with Crippen molar-refractivity contribution in [3.05, 3.63) is 0 Å². The van der Waals surface area contributed by atoms with E-state index in [-0.39, 0.29) is 33.6 Å². The van der Waals surface area contributed by atoms with Crippen LogP contribution in [0.4, 0.5) is 0 Å². The van der Waals surface area contributed by atoms with Gasteiger partial charge in [-0.3, -0.25) is 0 Å². The third-order valence-electron chi connectivity index (χ3n) is 0. The first-order chi connectivity index (χ1) is 3.00. The van der Waals surface area contributed by atoms with Crippen LogP contribution in [0.1, 0.15) is 0 Å². The fourth-order valence-corrected chi connectivity index (χ4v) is 0. The van der Waals surface area contributed by atoms with Crippen LogP contribution in [0.5, 0.6) is 0 Å². The predicted octanol–water partition coefficient (Wildman–Crippen LogP) is -1.05. The van der Waals surface area contributed by atoms with Crippen LogP contribution in [-0.2, 0) is 57.9 Å². The van der Waals surface area contributed by atoms with Gasteiger partial charge in [-0.1, -0.05) is 0 Å². The first-order valence-corrected chi connectivity index (χ1v) is 2.94. The summed E-state index contributed by atoms with van der Waals surface area (Å²) < 4.78 is 16.9. The van der Waals surface area contributed by atoms with Crippen LogP contribution >= 0.6 is 7.82 Å². The minimum absolute atomic E-state index is 0. The Morgan fingerprint density at radius 1 is 1.00 bits per heavy atom. The van der Waals surface area contributed by atoms with Gasteiger partial charge >= 0.3 is 27.6 Å². The number of hydrogen-bond donors (Lipinski definition) is 3. The average molecular weight is 288 g/mol. The molecule has 9 heavy (non-hydrogen) atoms. The van der Waals surface area contributed by atoms with E-state index < -0.39 is 7.82 Å². The van der Waals surface area contributed by atoms with Gasteiger partial charge in [0.05, 0.1) is 0 Å². The third kappa shape index (κ3) is 251. The Kier molecular flexibility index (Phi) is 30.3. The molecule has 2 radical (unpaired) electrons. The monoisotopic (exact) mass is 288 g/mol. The molecule has 0 aromatic rings. The van der Waals surface area contributed by atoms with Crippen molar-refractivity contribution >= 4 is 7.82 Å². The quantitative estimate of drug-likeness (QED) is 0.390. The summed E-state index contributed by atoms with van der Waals surface area (Å²) in [5, 5.41) is 0. The predicted molar refractivity (Wildman–Crippen MR) is 14.9 cm³/mol. The first-order valence-electron chi connectivity index (χ1n) is 0.927. The molecule has 64 valence electrons. The molecule has 0 saturated heterocycles. The van der Waals surface area contributed by atoms with Crippen molar-refractivity contribution in [2.45, 2.75) is 0 Å². The zero-order chi connectivity index (χ0) is 6.50. The molecule has 3 N–H and O–H groups in total. The molecule has 9 heteroatoms. The van der Waals surface area contributed by atoms with Crippen LogP contribution in [-0.4, -0.2) is 14.7 Å². The van der Waals surface area contributed by atoms with E-state index in [4.69, 9.17) is 23.1 Å². The molecular weight excluding hydrogens is 285 g/mol. The van der Waals surface area contributed by atoms with Gasteiger partial charge in [-0.15, -0.1) is 0 Å². The van der Waals surface area contributed by atoms with Gasteiger partial charge in [0.15, 0.2) is 0 Å². The van der Waals surface area contributed by atoms with E-state index in [0.29, 0.717) is 0 Å². The number of rotatable bonds is 0. The Labute approximate surface area is 80.3 Å². The Morgan fingerprint density at radius 3 is 1.00 bits per heavy atom. The van der Waals surface area contributed by atoms with E-state index in [9.17, 15) is 0 Å². The molecule has 0 spiro atoms. The molecule has 0 aliphatic heterocycles. The van der Waals surface area contributed by atoms with Gasteiger partial charge in [0.25, 0.3) is 0 Å². The topological polar surface area (TPSA) is 94.8 Å². The van der Waals surface area contributed by atoms with Crippen molar-refractivity contribution in [3.63, 3.8) is 0 Å². The summed E-state index contributed by atoms with van der Waals surface area (Å²) in [6, 6.07) is 0. The molecule has 0 aromatic carbocycles. The second-order valence-electron chi connectivity index (χ2n) is 0.513. The molecule has 0 atom stereocenters. The molecule has 0 aromatic heterocycles. The number of hydrogen-bond acceptors (Lipinski definition) is 2. The SMILES string of the molecule is O=P(O)(O)O.[Co].[Co].[O]=[Fe]. The Hall–Kier alpha value is 1.44. The Morgan fingerprint density at radius 2 is 1.00 bits per heavy atom. The maximum absolute atomic E-state index is 8.88. The minimum atomic E-state index is -4.64. The van der Waals surface area contributed by atoms with E-state index in [1.165, 1.54) is 0 Å². The van der Waals surface area contributed by atoms with E-state index in [1.807, 2.05) is 15.9 Å². The van der Waals surface area contributed by atoms with Crippen molar-refractivity contribution in [3.8, 4) is 0 Å². The van der Waals surface area contributed by atoms with Crippen LogP contribution < -0.4 is 0 Å². The summed E-state index contributed by atoms with van der Waals surface area (Å²) >= 11 is 2.00. The molecule has 0 aliphatic rings. The Balaban J connectivity index is -0.0000000286. The van der Waals surface area contributed by atoms with Gasteiger partial charge in [0.2, 0.25) is 0 Å². The van der Waals surface area contributed by atoms with Crippen LogP contribution in [0.15, 0.2) is 0 Å². The van der Waals surface area contributed by atoms with Gasteiger partial charge in [-0.2, -0.15) is 0 Å². The summed E-state index contributed by atoms with van der Waals surface area (Å²) in [6.07, 6.45) is 0. The molecule has 0 rings (SSSR count). The fraction of sp³-hybridized carbons (Fsp3) is 0. The molecule has 0 fully saturated rings. The van der Waals surface area contributed by atoms with Crippen molar-refractivity contribution in [2.24, 2.45) is 0 Å². The standard InChI is InChI=1S/2Co.Fe.H3O4P.O/c;;;1-5(2,3)4;/h;;;(H3,1,2,3,4);. The summed E-state index contributed by atoms with van der Waals surface area (Å²) in [7, 11) is -4.64. The second-order valence-corrected chi connectivity index (χ2v) is 1.54. The van der Waals surface area contributed by atoms with Crippen LogP contribution in [0.25, 0.3) is 0 Å². The van der Waals surface area contributed by atoms with Crippen molar-refractivity contribution in [1.29, 1.82) is 0 Å². The fourth-order valence-electron chi connectivity index (χ4n) is 0. The van der Waals surface area contributed by atoms with Crippen molar-refractivity contribution < 1.29 is 72.6 Å². The van der Waals surface area contributed by atoms with E-state index >= 15 is 0 Å². The van der Waals surface area contributed by atoms with Crippen molar-refractivity contribution in [1.82, 2.24) is 0 Å². The molecule has 0 heterocycles. The summed E-state index contributed by atoms with van der Waals surface area (Å²) in [5.74, 6) is 0. The van der Waals surface area contributed by atoms with E-state index in [1.54, 1.807) is 0 Å². The number of phosphoric acid groups is 1. The van der Waals surface area contributed by atoms with Crippen LogP contribution in [0.2, 0.25) is 0 Å². The molecule has 5 nitrogen and oxygen atoms in total. The normalized spacial score (nSPS) is 7.11. The maximum atomic E-state index is 8.88. The molecule has 0 amide bonds. The molecule has 0 bridgehead atoms. The average Bonchev–Trinajstić information content (AvgIpc) is 1.36. The van der Waals surface area contributed by atoms with Gasteiger partial charge in [0.1, 0.15) is 0 Å². The van der Waals surface area contributed by atoms with Crippen molar-refractivity contribution in [2.75, 3.05) is 0 Å². The van der Waals surface area contributed by atoms with Crippen LogP contribution in [0.3, 0.4) is 0 Å². The molecule has 0 aliphatic carbocycles. The summed E-state index contributed by atoms with van der Waals surface area (Å²) in [5.41, 5.74) is 0. The van der Waals surface area contributed by atoms with Crippen LogP contribution in [0, 0.1) is 0 Å². The van der Waals surface area contributed by atoms with Gasteiger partial charge in [0, 0.05) is 33.6 Å². The molecule has 0 unspecified atom stereocenters. The van der Waals surface area contributed by atoms with E-state index in [2.05, 4.69) is 0 Å². The van der Waals surface area contributed by atoms with E-state index in [0.717, 1.165) is 0 Å². The van der Waals surface area contributed by atoms with Gasteiger partial charge < -0.3 is 14.7 Å². The van der Waals surface area contributed by atoms with Gasteiger partial charge in [-0.25, -0.2) is 4.57 Å². The first kappa shape index (κ1) is 22.4. The Bertz CT molecular complexity index is 70.8. The summed E-state index contributed by atoms with van der Waals surface area (Å²) in [6.45, 7) is 0. The molecular formula is H3Co2FeO5P. The second kappa shape index (κ2) is 12.2. The zero-order valence-electron chi connectivity index (χ0n) is 3.63. The summed E-state index contributed by atoms with van der Waals surface area (Å²) in [4.78, 5) is 21.6.